The lowest BCUT2D eigenvalue weighted by atomic mass is 10.1. The van der Waals surface area contributed by atoms with E-state index < -0.39 is 0 Å². The molecule has 0 aliphatic carbocycles. The predicted octanol–water partition coefficient (Wildman–Crippen LogP) is 5.08. The van der Waals surface area contributed by atoms with E-state index in [2.05, 4.69) is 50.0 Å². The Bertz CT molecular complexity index is 1120. The SMILES string of the molecule is Cc1cccc(CC(=O)N(CCCn2ccnc2)c2nc3c(C)ccc(C)c3s2)c1. The van der Waals surface area contributed by atoms with E-state index in [-0.39, 0.29) is 5.91 Å². The molecule has 0 fully saturated rings. The number of aryl methyl sites for hydroxylation is 4. The average Bonchev–Trinajstić information content (AvgIpc) is 3.38. The van der Waals surface area contributed by atoms with Gasteiger partial charge in [0.15, 0.2) is 5.13 Å². The molecule has 0 saturated carbocycles. The highest BCUT2D eigenvalue weighted by Gasteiger charge is 2.21. The van der Waals surface area contributed by atoms with Crippen LogP contribution in [0.3, 0.4) is 0 Å². The molecule has 6 heteroatoms. The third-order valence-electron chi connectivity index (χ3n) is 5.26. The van der Waals surface area contributed by atoms with Gasteiger partial charge in [-0.15, -0.1) is 0 Å². The van der Waals surface area contributed by atoms with E-state index in [9.17, 15) is 4.79 Å². The Balaban J connectivity index is 1.61. The number of aromatic nitrogens is 3. The molecule has 0 saturated heterocycles. The third kappa shape index (κ3) is 4.44. The Kier molecular flexibility index (Phi) is 5.95. The summed E-state index contributed by atoms with van der Waals surface area (Å²) in [7, 11) is 0. The molecule has 4 rings (SSSR count). The van der Waals surface area contributed by atoms with E-state index in [0.717, 1.165) is 45.0 Å². The maximum Gasteiger partial charge on any atom is 0.233 e. The first kappa shape index (κ1) is 20.3. The molecule has 2 aromatic heterocycles. The molecule has 2 heterocycles. The first-order valence-corrected chi connectivity index (χ1v) is 11.0. The first-order valence-electron chi connectivity index (χ1n) is 10.2. The van der Waals surface area contributed by atoms with Gasteiger partial charge in [0.1, 0.15) is 0 Å². The van der Waals surface area contributed by atoms with Crippen LogP contribution in [0.25, 0.3) is 10.2 Å². The molecule has 0 aliphatic heterocycles. The minimum atomic E-state index is 0.0839. The number of carbonyl (C=O) groups is 1. The summed E-state index contributed by atoms with van der Waals surface area (Å²) in [6.45, 7) is 7.67. The fourth-order valence-corrected chi connectivity index (χ4v) is 4.77. The molecule has 0 N–H and O–H groups in total. The normalized spacial score (nSPS) is 11.2. The van der Waals surface area contributed by atoms with Gasteiger partial charge in [-0.2, -0.15) is 0 Å². The molecule has 0 bridgehead atoms. The summed E-state index contributed by atoms with van der Waals surface area (Å²) in [6.07, 6.45) is 6.75. The molecule has 4 aromatic rings. The van der Waals surface area contributed by atoms with Crippen LogP contribution in [0.5, 0.6) is 0 Å². The van der Waals surface area contributed by atoms with Crippen LogP contribution in [0, 0.1) is 20.8 Å². The van der Waals surface area contributed by atoms with Crippen molar-refractivity contribution in [2.24, 2.45) is 0 Å². The van der Waals surface area contributed by atoms with E-state index in [1.54, 1.807) is 17.5 Å². The number of amides is 1. The van der Waals surface area contributed by atoms with Crippen molar-refractivity contribution in [3.8, 4) is 0 Å². The number of benzene rings is 2. The van der Waals surface area contributed by atoms with Crippen molar-refractivity contribution in [3.63, 3.8) is 0 Å². The lowest BCUT2D eigenvalue weighted by molar-refractivity contribution is -0.118. The Morgan fingerprint density at radius 2 is 1.97 bits per heavy atom. The van der Waals surface area contributed by atoms with Gasteiger partial charge < -0.3 is 4.57 Å². The van der Waals surface area contributed by atoms with Gasteiger partial charge in [0, 0.05) is 25.5 Å². The molecule has 2 aromatic carbocycles. The summed E-state index contributed by atoms with van der Waals surface area (Å²) >= 11 is 1.61. The van der Waals surface area contributed by atoms with Crippen molar-refractivity contribution in [1.82, 2.24) is 14.5 Å². The second-order valence-electron chi connectivity index (χ2n) is 7.74. The topological polar surface area (TPSA) is 51.0 Å². The van der Waals surface area contributed by atoms with Crippen LogP contribution in [0.4, 0.5) is 5.13 Å². The number of anilines is 1. The van der Waals surface area contributed by atoms with Crippen LogP contribution in [0.15, 0.2) is 55.1 Å². The largest absolute Gasteiger partial charge is 0.337 e. The fourth-order valence-electron chi connectivity index (χ4n) is 3.61. The van der Waals surface area contributed by atoms with Crippen molar-refractivity contribution >= 4 is 32.6 Å². The van der Waals surface area contributed by atoms with Gasteiger partial charge in [0.05, 0.1) is 23.0 Å². The molecule has 154 valence electrons. The molecule has 5 nitrogen and oxygen atoms in total. The molecular formula is C24H26N4OS. The van der Waals surface area contributed by atoms with Crippen molar-refractivity contribution in [1.29, 1.82) is 0 Å². The predicted molar refractivity (Wildman–Crippen MR) is 123 cm³/mol. The maximum atomic E-state index is 13.3. The van der Waals surface area contributed by atoms with Crippen molar-refractivity contribution in [3.05, 3.63) is 77.4 Å². The summed E-state index contributed by atoms with van der Waals surface area (Å²) < 4.78 is 3.20. The van der Waals surface area contributed by atoms with Gasteiger partial charge in [-0.3, -0.25) is 9.69 Å². The molecule has 30 heavy (non-hydrogen) atoms. The molecule has 0 unspecified atom stereocenters. The molecule has 0 aliphatic rings. The van der Waals surface area contributed by atoms with E-state index in [1.165, 1.54) is 5.56 Å². The summed E-state index contributed by atoms with van der Waals surface area (Å²) in [5.74, 6) is 0.0839. The van der Waals surface area contributed by atoms with Gasteiger partial charge in [-0.1, -0.05) is 53.3 Å². The zero-order chi connectivity index (χ0) is 21.1. The molecule has 0 radical (unpaired) electrons. The van der Waals surface area contributed by atoms with Gasteiger partial charge in [-0.25, -0.2) is 9.97 Å². The smallest absolute Gasteiger partial charge is 0.233 e. The minimum Gasteiger partial charge on any atom is -0.337 e. The zero-order valence-electron chi connectivity index (χ0n) is 17.6. The van der Waals surface area contributed by atoms with E-state index >= 15 is 0 Å². The van der Waals surface area contributed by atoms with Crippen LogP contribution in [0.2, 0.25) is 0 Å². The van der Waals surface area contributed by atoms with Gasteiger partial charge >= 0.3 is 0 Å². The van der Waals surface area contributed by atoms with Gasteiger partial charge in [-0.05, 0) is 43.9 Å². The fraction of sp³-hybridized carbons (Fsp3) is 0.292. The number of thiazole rings is 1. The second kappa shape index (κ2) is 8.79. The monoisotopic (exact) mass is 418 g/mol. The van der Waals surface area contributed by atoms with Crippen molar-refractivity contribution < 1.29 is 4.79 Å². The number of rotatable bonds is 7. The summed E-state index contributed by atoms with van der Waals surface area (Å²) in [6, 6.07) is 12.4. The highest BCUT2D eigenvalue weighted by molar-refractivity contribution is 7.22. The average molecular weight is 419 g/mol. The standard InChI is InChI=1S/C24H26N4OS/c1-17-6-4-7-20(14-17)15-21(29)28(12-5-11-27-13-10-25-16-27)24-26-22-18(2)8-9-19(3)23(22)30-24/h4,6-10,13-14,16H,5,11-12,15H2,1-3H3. The number of hydrogen-bond acceptors (Lipinski definition) is 4. The summed E-state index contributed by atoms with van der Waals surface area (Å²) in [5, 5.41) is 0.783. The number of carbonyl (C=O) groups excluding carboxylic acids is 1. The Morgan fingerprint density at radius 1 is 1.13 bits per heavy atom. The van der Waals surface area contributed by atoms with Crippen LogP contribution in [-0.4, -0.2) is 27.0 Å². The molecule has 1 amide bonds. The van der Waals surface area contributed by atoms with Crippen molar-refractivity contribution in [2.75, 3.05) is 11.4 Å². The van der Waals surface area contributed by atoms with Crippen LogP contribution in [0.1, 0.15) is 28.7 Å². The zero-order valence-corrected chi connectivity index (χ0v) is 18.4. The molecule has 0 spiro atoms. The summed E-state index contributed by atoms with van der Waals surface area (Å²) in [5.41, 5.74) is 5.54. The maximum absolute atomic E-state index is 13.3. The molecule has 0 atom stereocenters. The van der Waals surface area contributed by atoms with Crippen molar-refractivity contribution in [2.45, 2.75) is 40.2 Å². The quantitative estimate of drug-likeness (QED) is 0.420. The van der Waals surface area contributed by atoms with Crippen LogP contribution >= 0.6 is 11.3 Å². The second-order valence-corrected chi connectivity index (χ2v) is 8.72. The number of hydrogen-bond donors (Lipinski definition) is 0. The van der Waals surface area contributed by atoms with Gasteiger partial charge in [0.25, 0.3) is 0 Å². The third-order valence-corrected chi connectivity index (χ3v) is 6.47. The van der Waals surface area contributed by atoms with E-state index in [0.29, 0.717) is 13.0 Å². The van der Waals surface area contributed by atoms with E-state index in [1.807, 2.05) is 34.1 Å². The Labute approximate surface area is 181 Å². The minimum absolute atomic E-state index is 0.0839. The Morgan fingerprint density at radius 3 is 2.70 bits per heavy atom. The Hall–Kier alpha value is -2.99. The van der Waals surface area contributed by atoms with Crippen LogP contribution in [-0.2, 0) is 17.8 Å². The lowest BCUT2D eigenvalue weighted by Gasteiger charge is -2.20. The first-order chi connectivity index (χ1) is 14.5. The number of imidazole rings is 1. The van der Waals surface area contributed by atoms with E-state index in [4.69, 9.17) is 4.98 Å². The molecular weight excluding hydrogens is 392 g/mol. The number of nitrogens with zero attached hydrogens (tertiary/aromatic N) is 4. The number of fused-ring (bicyclic) bond motifs is 1. The highest BCUT2D eigenvalue weighted by atomic mass is 32.1. The lowest BCUT2D eigenvalue weighted by Crippen LogP contribution is -2.33. The van der Waals surface area contributed by atoms with Gasteiger partial charge in [0.2, 0.25) is 5.91 Å². The van der Waals surface area contributed by atoms with Crippen LogP contribution < -0.4 is 4.90 Å². The highest BCUT2D eigenvalue weighted by Crippen LogP contribution is 2.33. The summed E-state index contributed by atoms with van der Waals surface area (Å²) in [4.78, 5) is 24.2.